The molecule has 1 unspecified atom stereocenters. The minimum Gasteiger partial charge on any atom is -0.361 e. The summed E-state index contributed by atoms with van der Waals surface area (Å²) < 4.78 is 1.04. The molecule has 0 aromatic carbocycles. The average molecular weight is 332 g/mol. The molecule has 0 saturated heterocycles. The number of nitrogens with zero attached hydrogens (tertiary/aromatic N) is 3. The Bertz CT molecular complexity index is 659. The van der Waals surface area contributed by atoms with Crippen LogP contribution < -0.4 is 5.43 Å². The van der Waals surface area contributed by atoms with Crippen molar-refractivity contribution in [3.63, 3.8) is 0 Å². The van der Waals surface area contributed by atoms with E-state index in [1.165, 1.54) is 11.9 Å². The third kappa shape index (κ3) is 2.65. The second-order valence-electron chi connectivity index (χ2n) is 4.67. The first-order chi connectivity index (χ1) is 9.74. The summed E-state index contributed by atoms with van der Waals surface area (Å²) in [6.07, 6.45) is 9.24. The van der Waals surface area contributed by atoms with Crippen molar-refractivity contribution in [3.8, 4) is 0 Å². The molecule has 3 heterocycles. The highest BCUT2D eigenvalue weighted by atomic mass is 79.9. The van der Waals surface area contributed by atoms with E-state index in [2.05, 4.69) is 54.4 Å². The Morgan fingerprint density at radius 3 is 2.85 bits per heavy atom. The lowest BCUT2D eigenvalue weighted by molar-refractivity contribution is 0.852. The van der Waals surface area contributed by atoms with E-state index in [0.29, 0.717) is 0 Å². The molecule has 20 heavy (non-hydrogen) atoms. The highest BCUT2D eigenvalue weighted by molar-refractivity contribution is 9.10. The molecule has 102 valence electrons. The van der Waals surface area contributed by atoms with E-state index in [1.54, 1.807) is 0 Å². The van der Waals surface area contributed by atoms with Crippen LogP contribution in [-0.2, 0) is 0 Å². The predicted octanol–water partition coefficient (Wildman–Crippen LogP) is 2.71. The summed E-state index contributed by atoms with van der Waals surface area (Å²) in [7, 11) is 0. The Morgan fingerprint density at radius 2 is 2.15 bits per heavy atom. The Balaban J connectivity index is 1.87. The topological polar surface area (TPSA) is 66.0 Å². The molecular weight excluding hydrogens is 318 g/mol. The molecule has 1 aliphatic rings. The molecule has 0 bridgehead atoms. The summed E-state index contributed by atoms with van der Waals surface area (Å²) in [6.45, 7) is 2.85. The third-order valence-electron chi connectivity index (χ3n) is 3.29. The summed E-state index contributed by atoms with van der Waals surface area (Å²) in [5.74, 6) is 0.163. The van der Waals surface area contributed by atoms with E-state index in [0.717, 1.165) is 28.0 Å². The Morgan fingerprint density at radius 1 is 1.35 bits per heavy atom. The van der Waals surface area contributed by atoms with Crippen LogP contribution in [0, 0.1) is 0 Å². The van der Waals surface area contributed by atoms with Crippen LogP contribution in [0.15, 0.2) is 46.1 Å². The van der Waals surface area contributed by atoms with Gasteiger partial charge in [-0.1, -0.05) is 6.92 Å². The molecule has 2 aromatic rings. The zero-order chi connectivity index (χ0) is 13.9. The Labute approximate surface area is 125 Å². The second-order valence-corrected chi connectivity index (χ2v) is 5.58. The van der Waals surface area contributed by atoms with Crippen LogP contribution in [0.1, 0.15) is 24.1 Å². The molecule has 2 aromatic heterocycles. The van der Waals surface area contributed by atoms with Gasteiger partial charge in [-0.2, -0.15) is 5.10 Å². The summed E-state index contributed by atoms with van der Waals surface area (Å²) >= 11 is 3.44. The fourth-order valence-corrected chi connectivity index (χ4v) is 2.58. The fourth-order valence-electron chi connectivity index (χ4n) is 2.22. The van der Waals surface area contributed by atoms with Gasteiger partial charge in [0.05, 0.1) is 12.3 Å². The van der Waals surface area contributed by atoms with Crippen molar-refractivity contribution in [1.82, 2.24) is 20.4 Å². The first-order valence-corrected chi connectivity index (χ1v) is 7.13. The van der Waals surface area contributed by atoms with Gasteiger partial charge in [0.1, 0.15) is 6.33 Å². The van der Waals surface area contributed by atoms with Crippen molar-refractivity contribution in [3.05, 3.63) is 52.3 Å². The van der Waals surface area contributed by atoms with Gasteiger partial charge in [-0.15, -0.1) is 0 Å². The second kappa shape index (κ2) is 5.58. The van der Waals surface area contributed by atoms with Crippen molar-refractivity contribution in [2.45, 2.75) is 12.8 Å². The van der Waals surface area contributed by atoms with Crippen LogP contribution in [0.5, 0.6) is 0 Å². The lowest BCUT2D eigenvalue weighted by Crippen LogP contribution is -2.11. The van der Waals surface area contributed by atoms with Crippen LogP contribution >= 0.6 is 15.9 Å². The first-order valence-electron chi connectivity index (χ1n) is 6.34. The molecule has 2 N–H and O–H groups in total. The van der Waals surface area contributed by atoms with E-state index in [-0.39, 0.29) is 5.92 Å². The monoisotopic (exact) mass is 331 g/mol. The van der Waals surface area contributed by atoms with E-state index in [9.17, 15) is 0 Å². The molecule has 0 aliphatic carbocycles. The maximum atomic E-state index is 4.41. The van der Waals surface area contributed by atoms with E-state index in [4.69, 9.17) is 0 Å². The van der Waals surface area contributed by atoms with Crippen LogP contribution in [-0.4, -0.2) is 27.2 Å². The number of nitrogens with one attached hydrogen (secondary N) is 2. The van der Waals surface area contributed by atoms with Gasteiger partial charge in [-0.3, -0.25) is 0 Å². The summed E-state index contributed by atoms with van der Waals surface area (Å²) in [6, 6.07) is 2.04. The van der Waals surface area contributed by atoms with Gasteiger partial charge in [-0.25, -0.2) is 9.97 Å². The number of aromatic amines is 1. The molecular formula is C14H14BrN5. The first kappa shape index (κ1) is 13.1. The minimum absolute atomic E-state index is 0.163. The van der Waals surface area contributed by atoms with E-state index in [1.807, 2.05) is 24.7 Å². The number of rotatable bonds is 3. The number of aromatic nitrogens is 3. The van der Waals surface area contributed by atoms with Crippen molar-refractivity contribution in [2.24, 2.45) is 5.10 Å². The predicted molar refractivity (Wildman–Crippen MR) is 82.4 cm³/mol. The number of halogens is 1. The zero-order valence-corrected chi connectivity index (χ0v) is 12.6. The van der Waals surface area contributed by atoms with Gasteiger partial charge >= 0.3 is 0 Å². The SMILES string of the molecule is CC(C1=NNC/C1=C\c1cc(Br)c[nH]1)c1cncnc1. The quantitative estimate of drug-likeness (QED) is 0.908. The number of hydrogen-bond donors (Lipinski definition) is 2. The molecule has 0 radical (unpaired) electrons. The minimum atomic E-state index is 0.163. The molecule has 5 nitrogen and oxygen atoms in total. The Hall–Kier alpha value is -1.95. The van der Waals surface area contributed by atoms with Crippen molar-refractivity contribution >= 4 is 27.7 Å². The molecule has 0 amide bonds. The molecule has 0 fully saturated rings. The summed E-state index contributed by atoms with van der Waals surface area (Å²) in [5, 5.41) is 4.41. The van der Waals surface area contributed by atoms with Crippen LogP contribution in [0.4, 0.5) is 0 Å². The molecule has 3 rings (SSSR count). The number of H-pyrrole nitrogens is 1. The average Bonchev–Trinajstić information content (AvgIpc) is 3.09. The molecule has 0 spiro atoms. The van der Waals surface area contributed by atoms with Crippen LogP contribution in [0.2, 0.25) is 0 Å². The van der Waals surface area contributed by atoms with Crippen molar-refractivity contribution in [1.29, 1.82) is 0 Å². The standard InChI is InChI=1S/C14H14BrN5/c1-9(11-4-16-8-17-5-11)14-10(6-19-20-14)2-13-3-12(15)7-18-13/h2-5,7-9,18-19H,6H2,1H3/b10-2+. The van der Waals surface area contributed by atoms with E-state index >= 15 is 0 Å². The van der Waals surface area contributed by atoms with Crippen LogP contribution in [0.3, 0.4) is 0 Å². The highest BCUT2D eigenvalue weighted by Crippen LogP contribution is 2.23. The lowest BCUT2D eigenvalue weighted by Gasteiger charge is -2.11. The molecule has 6 heteroatoms. The van der Waals surface area contributed by atoms with Gasteiger partial charge in [0.15, 0.2) is 0 Å². The number of hydrazone groups is 1. The van der Waals surface area contributed by atoms with Gasteiger partial charge in [0.25, 0.3) is 0 Å². The number of hydrogen-bond acceptors (Lipinski definition) is 4. The van der Waals surface area contributed by atoms with E-state index < -0.39 is 0 Å². The third-order valence-corrected chi connectivity index (χ3v) is 3.75. The summed E-state index contributed by atoms with van der Waals surface area (Å²) in [4.78, 5) is 11.3. The molecule has 1 aliphatic heterocycles. The smallest absolute Gasteiger partial charge is 0.115 e. The fraction of sp³-hybridized carbons (Fsp3) is 0.214. The summed E-state index contributed by atoms with van der Waals surface area (Å²) in [5.41, 5.74) is 7.38. The largest absolute Gasteiger partial charge is 0.361 e. The van der Waals surface area contributed by atoms with Gasteiger partial charge < -0.3 is 10.4 Å². The van der Waals surface area contributed by atoms with Gasteiger partial charge in [0.2, 0.25) is 0 Å². The van der Waals surface area contributed by atoms with Crippen molar-refractivity contribution in [2.75, 3.05) is 6.54 Å². The van der Waals surface area contributed by atoms with Crippen LogP contribution in [0.25, 0.3) is 6.08 Å². The zero-order valence-electron chi connectivity index (χ0n) is 11.0. The maximum absolute atomic E-state index is 4.41. The maximum Gasteiger partial charge on any atom is 0.115 e. The normalized spacial score (nSPS) is 17.9. The lowest BCUT2D eigenvalue weighted by atomic mass is 9.93. The highest BCUT2D eigenvalue weighted by Gasteiger charge is 2.21. The Kier molecular flexibility index (Phi) is 3.64. The molecule has 0 saturated carbocycles. The van der Waals surface area contributed by atoms with Gasteiger partial charge in [0, 0.05) is 34.7 Å². The molecule has 1 atom stereocenters. The van der Waals surface area contributed by atoms with Crippen molar-refractivity contribution < 1.29 is 0 Å². The van der Waals surface area contributed by atoms with Gasteiger partial charge in [-0.05, 0) is 39.2 Å².